The van der Waals surface area contributed by atoms with Gasteiger partial charge in [-0.25, -0.2) is 0 Å². The van der Waals surface area contributed by atoms with Gasteiger partial charge in [-0.05, 0) is 49.8 Å². The summed E-state index contributed by atoms with van der Waals surface area (Å²) in [5.74, 6) is 0. The fourth-order valence-corrected chi connectivity index (χ4v) is 3.12. The molecular weight excluding hydrogens is 316 g/mol. The van der Waals surface area contributed by atoms with Crippen LogP contribution in [-0.4, -0.2) is 12.1 Å². The minimum atomic E-state index is 0.0975. The van der Waals surface area contributed by atoms with E-state index in [0.717, 1.165) is 19.6 Å². The van der Waals surface area contributed by atoms with Gasteiger partial charge in [-0.2, -0.15) is 0 Å². The lowest BCUT2D eigenvalue weighted by Crippen LogP contribution is -2.51. The zero-order chi connectivity index (χ0) is 18.9. The van der Waals surface area contributed by atoms with Crippen molar-refractivity contribution in [2.45, 2.75) is 65.6 Å². The van der Waals surface area contributed by atoms with Crippen LogP contribution in [0.2, 0.25) is 0 Å². The normalized spacial score (nSPS) is 12.3. The third kappa shape index (κ3) is 6.59. The summed E-state index contributed by atoms with van der Waals surface area (Å²) in [6.45, 7) is 12.4. The predicted octanol–water partition coefficient (Wildman–Crippen LogP) is 5.54. The number of nitrogens with one attached hydrogen (secondary N) is 2. The first-order valence-electron chi connectivity index (χ1n) is 9.94. The molecule has 2 N–H and O–H groups in total. The van der Waals surface area contributed by atoms with Crippen molar-refractivity contribution in [2.24, 2.45) is 5.41 Å². The number of unbranched alkanes of at least 4 members (excludes halogenated alkanes) is 1. The van der Waals surface area contributed by atoms with Crippen molar-refractivity contribution in [2.75, 3.05) is 6.54 Å². The molecule has 0 unspecified atom stereocenters. The van der Waals surface area contributed by atoms with Crippen LogP contribution in [0.4, 0.5) is 0 Å². The Bertz CT molecular complexity index is 617. The summed E-state index contributed by atoms with van der Waals surface area (Å²) in [6.07, 6.45) is 3.71. The van der Waals surface area contributed by atoms with Crippen molar-refractivity contribution in [3.8, 4) is 0 Å². The number of hydrogen-bond acceptors (Lipinski definition) is 2. The topological polar surface area (TPSA) is 24.1 Å². The van der Waals surface area contributed by atoms with E-state index in [1.54, 1.807) is 0 Å². The average molecular weight is 353 g/mol. The quantitative estimate of drug-likeness (QED) is 0.519. The van der Waals surface area contributed by atoms with E-state index in [1.165, 1.54) is 30.4 Å². The van der Waals surface area contributed by atoms with Gasteiger partial charge in [-0.3, -0.25) is 0 Å². The highest BCUT2D eigenvalue weighted by Crippen LogP contribution is 2.35. The summed E-state index contributed by atoms with van der Waals surface area (Å²) in [5, 5.41) is 7.33. The molecule has 0 fully saturated rings. The third-order valence-corrected chi connectivity index (χ3v) is 5.85. The Kier molecular flexibility index (Phi) is 7.86. The monoisotopic (exact) mass is 352 g/mol. The van der Waals surface area contributed by atoms with Crippen LogP contribution in [0.15, 0.2) is 60.7 Å². The Morgan fingerprint density at radius 1 is 0.692 bits per heavy atom. The lowest BCUT2D eigenvalue weighted by atomic mass is 9.71. The molecule has 26 heavy (non-hydrogen) atoms. The van der Waals surface area contributed by atoms with E-state index in [4.69, 9.17) is 0 Å². The van der Waals surface area contributed by atoms with Gasteiger partial charge in [-0.15, -0.1) is 0 Å². The van der Waals surface area contributed by atoms with Crippen molar-refractivity contribution in [3.63, 3.8) is 0 Å². The molecule has 0 aliphatic carbocycles. The first-order valence-corrected chi connectivity index (χ1v) is 9.94. The molecule has 2 aromatic rings. The zero-order valence-corrected chi connectivity index (χ0v) is 17.0. The predicted molar refractivity (Wildman–Crippen MR) is 113 cm³/mol. The van der Waals surface area contributed by atoms with E-state index in [-0.39, 0.29) is 11.0 Å². The maximum absolute atomic E-state index is 3.77. The Morgan fingerprint density at radius 2 is 1.23 bits per heavy atom. The molecule has 0 aliphatic heterocycles. The summed E-state index contributed by atoms with van der Waals surface area (Å²) < 4.78 is 0. The maximum atomic E-state index is 3.77. The molecule has 0 saturated carbocycles. The summed E-state index contributed by atoms with van der Waals surface area (Å²) in [6, 6.07) is 21.3. The Labute approximate surface area is 160 Å². The summed E-state index contributed by atoms with van der Waals surface area (Å²) >= 11 is 0. The fourth-order valence-electron chi connectivity index (χ4n) is 3.12. The van der Waals surface area contributed by atoms with Gasteiger partial charge >= 0.3 is 0 Å². The molecule has 0 aromatic heterocycles. The smallest absolute Gasteiger partial charge is 0.0210 e. The van der Waals surface area contributed by atoms with Crippen LogP contribution in [0.3, 0.4) is 0 Å². The standard InChI is InChI=1S/C24H36N2/c1-23(2,24(3,4)26-20-22-15-9-6-10-16-22)17-11-12-18-25-19-21-13-7-5-8-14-21/h5-10,13-16,25-26H,11-12,17-20H2,1-4H3. The Hall–Kier alpha value is -1.64. The second-order valence-corrected chi connectivity index (χ2v) is 8.47. The molecule has 2 nitrogen and oxygen atoms in total. The summed E-state index contributed by atoms with van der Waals surface area (Å²) in [4.78, 5) is 0. The van der Waals surface area contributed by atoms with E-state index < -0.39 is 0 Å². The van der Waals surface area contributed by atoms with Crippen molar-refractivity contribution in [1.82, 2.24) is 10.6 Å². The maximum Gasteiger partial charge on any atom is 0.0210 e. The van der Waals surface area contributed by atoms with E-state index >= 15 is 0 Å². The van der Waals surface area contributed by atoms with Crippen LogP contribution in [0.5, 0.6) is 0 Å². The van der Waals surface area contributed by atoms with Gasteiger partial charge in [0.25, 0.3) is 0 Å². The average Bonchev–Trinajstić information content (AvgIpc) is 2.64. The SMILES string of the molecule is CC(C)(CCCCNCc1ccccc1)C(C)(C)NCc1ccccc1. The highest BCUT2D eigenvalue weighted by Gasteiger charge is 2.35. The minimum absolute atomic E-state index is 0.0975. The van der Waals surface area contributed by atoms with Gasteiger partial charge in [0.1, 0.15) is 0 Å². The van der Waals surface area contributed by atoms with Crippen molar-refractivity contribution >= 4 is 0 Å². The molecule has 0 radical (unpaired) electrons. The van der Waals surface area contributed by atoms with E-state index in [1.807, 2.05) is 0 Å². The number of benzene rings is 2. The largest absolute Gasteiger partial charge is 0.313 e. The van der Waals surface area contributed by atoms with Gasteiger partial charge < -0.3 is 10.6 Å². The van der Waals surface area contributed by atoms with E-state index in [0.29, 0.717) is 0 Å². The molecule has 2 rings (SSSR count). The van der Waals surface area contributed by atoms with Crippen LogP contribution >= 0.6 is 0 Å². The van der Waals surface area contributed by atoms with Crippen LogP contribution in [-0.2, 0) is 13.1 Å². The first kappa shape index (κ1) is 20.7. The molecule has 0 aliphatic rings. The zero-order valence-electron chi connectivity index (χ0n) is 17.0. The fraction of sp³-hybridized carbons (Fsp3) is 0.500. The first-order chi connectivity index (χ1) is 12.4. The van der Waals surface area contributed by atoms with Gasteiger partial charge in [0.05, 0.1) is 0 Å². The van der Waals surface area contributed by atoms with Crippen molar-refractivity contribution in [1.29, 1.82) is 0 Å². The van der Waals surface area contributed by atoms with Gasteiger partial charge in [-0.1, -0.05) is 80.9 Å². The molecular formula is C24H36N2. The summed E-state index contributed by atoms with van der Waals surface area (Å²) in [5.41, 5.74) is 3.06. The third-order valence-electron chi connectivity index (χ3n) is 5.85. The molecule has 0 heterocycles. The van der Waals surface area contributed by atoms with Gasteiger partial charge in [0, 0.05) is 18.6 Å². The number of rotatable bonds is 11. The summed E-state index contributed by atoms with van der Waals surface area (Å²) in [7, 11) is 0. The molecule has 0 bridgehead atoms. The van der Waals surface area contributed by atoms with Crippen LogP contribution < -0.4 is 10.6 Å². The van der Waals surface area contributed by atoms with Crippen molar-refractivity contribution < 1.29 is 0 Å². The molecule has 2 aromatic carbocycles. The van der Waals surface area contributed by atoms with E-state index in [2.05, 4.69) is 99.0 Å². The second kappa shape index (κ2) is 9.89. The van der Waals surface area contributed by atoms with Gasteiger partial charge in [0.15, 0.2) is 0 Å². The second-order valence-electron chi connectivity index (χ2n) is 8.47. The van der Waals surface area contributed by atoms with Crippen molar-refractivity contribution in [3.05, 3.63) is 71.8 Å². The van der Waals surface area contributed by atoms with Crippen LogP contribution in [0.25, 0.3) is 0 Å². The van der Waals surface area contributed by atoms with Gasteiger partial charge in [0.2, 0.25) is 0 Å². The molecule has 0 spiro atoms. The molecule has 0 amide bonds. The lowest BCUT2D eigenvalue weighted by molar-refractivity contribution is 0.136. The van der Waals surface area contributed by atoms with Crippen LogP contribution in [0.1, 0.15) is 58.1 Å². The molecule has 142 valence electrons. The number of hydrogen-bond donors (Lipinski definition) is 2. The highest BCUT2D eigenvalue weighted by atomic mass is 15.0. The highest BCUT2D eigenvalue weighted by molar-refractivity contribution is 5.15. The van der Waals surface area contributed by atoms with E-state index in [9.17, 15) is 0 Å². The molecule has 0 saturated heterocycles. The lowest BCUT2D eigenvalue weighted by Gasteiger charge is -2.43. The van der Waals surface area contributed by atoms with Crippen LogP contribution in [0, 0.1) is 5.41 Å². The Balaban J connectivity index is 1.67. The Morgan fingerprint density at radius 3 is 1.81 bits per heavy atom. The molecule has 0 atom stereocenters. The minimum Gasteiger partial charge on any atom is -0.313 e. The molecule has 2 heteroatoms.